The number of benzene rings is 2. The van der Waals surface area contributed by atoms with E-state index in [9.17, 15) is 0 Å². The molecule has 2 aromatic rings. The predicted octanol–water partition coefficient (Wildman–Crippen LogP) is 6.15. The molecule has 27 heavy (non-hydrogen) atoms. The van der Waals surface area contributed by atoms with Crippen molar-refractivity contribution >= 4 is 18.1 Å². The second-order valence-corrected chi connectivity index (χ2v) is 8.40. The number of halogens is 1. The molecule has 0 spiro atoms. The highest BCUT2D eigenvalue weighted by Gasteiger charge is 2.43. The number of fused-ring (bicyclic) bond motifs is 3. The van der Waals surface area contributed by atoms with Crippen LogP contribution in [0.5, 0.6) is 0 Å². The van der Waals surface area contributed by atoms with Crippen molar-refractivity contribution in [1.82, 2.24) is 0 Å². The average Bonchev–Trinajstić information content (AvgIpc) is 3.19. The maximum atomic E-state index is 6.27. The predicted molar refractivity (Wildman–Crippen MR) is 114 cm³/mol. The summed E-state index contributed by atoms with van der Waals surface area (Å²) in [6, 6.07) is 18.4. The molecule has 0 unspecified atom stereocenters. The Bertz CT molecular complexity index is 756. The first-order chi connectivity index (χ1) is 12.9. The second-order valence-electron chi connectivity index (χ2n) is 8.40. The lowest BCUT2D eigenvalue weighted by Crippen LogP contribution is -2.42. The summed E-state index contributed by atoms with van der Waals surface area (Å²) in [5.74, 6) is 1.48. The highest BCUT2D eigenvalue weighted by Crippen LogP contribution is 2.48. The van der Waals surface area contributed by atoms with Crippen LogP contribution in [0.1, 0.15) is 61.3 Å². The van der Waals surface area contributed by atoms with E-state index in [1.54, 1.807) is 0 Å². The van der Waals surface area contributed by atoms with Gasteiger partial charge in [0.15, 0.2) is 0 Å². The Hall–Kier alpha value is -1.51. The Morgan fingerprint density at radius 2 is 1.70 bits per heavy atom. The summed E-state index contributed by atoms with van der Waals surface area (Å²) >= 11 is 0. The van der Waals surface area contributed by atoms with Crippen LogP contribution in [0, 0.1) is 11.8 Å². The zero-order valence-electron chi connectivity index (χ0n) is 15.9. The molecule has 1 N–H and O–H groups in total. The molecule has 144 valence electrons. The Balaban J connectivity index is 0.00000180. The van der Waals surface area contributed by atoms with Crippen molar-refractivity contribution in [1.29, 1.82) is 0 Å². The zero-order valence-corrected chi connectivity index (χ0v) is 16.7. The van der Waals surface area contributed by atoms with E-state index < -0.39 is 0 Å². The van der Waals surface area contributed by atoms with Crippen LogP contribution in [-0.2, 0) is 11.2 Å². The normalized spacial score (nSPS) is 27.2. The number of anilines is 1. The van der Waals surface area contributed by atoms with E-state index in [0.717, 1.165) is 18.9 Å². The van der Waals surface area contributed by atoms with Gasteiger partial charge < -0.3 is 10.1 Å². The van der Waals surface area contributed by atoms with Crippen molar-refractivity contribution in [3.8, 4) is 0 Å². The van der Waals surface area contributed by atoms with Crippen LogP contribution >= 0.6 is 12.4 Å². The molecule has 2 nitrogen and oxygen atoms in total. The summed E-state index contributed by atoms with van der Waals surface area (Å²) in [6.07, 6.45) is 9.53. The number of rotatable bonds is 3. The fraction of sp³-hybridized carbons (Fsp3) is 0.500. The minimum atomic E-state index is 0. The molecule has 0 aromatic heterocycles. The lowest BCUT2D eigenvalue weighted by atomic mass is 9.73. The standard InChI is InChI=1S/C24H29NO.ClH/c1-3-7-17(8-4-1)15-18-11-12-22-21(16-18)24-20(13-14-26-24)23(25-22)19-9-5-2-6-10-19;/h1,3-4,7-8,11-12,16,19-20,23-25H,2,5-6,9-10,13-15H2;1H/t20-,23+,24-;/m0./s1. The summed E-state index contributed by atoms with van der Waals surface area (Å²) in [7, 11) is 0. The molecule has 2 fully saturated rings. The van der Waals surface area contributed by atoms with Crippen molar-refractivity contribution < 1.29 is 4.74 Å². The van der Waals surface area contributed by atoms with Gasteiger partial charge in [0.1, 0.15) is 0 Å². The van der Waals surface area contributed by atoms with Gasteiger partial charge in [0.05, 0.1) is 6.10 Å². The van der Waals surface area contributed by atoms with Crippen LogP contribution in [-0.4, -0.2) is 12.6 Å². The molecule has 5 rings (SSSR count). The lowest BCUT2D eigenvalue weighted by Gasteiger charge is -2.42. The van der Waals surface area contributed by atoms with Crippen LogP contribution in [0.25, 0.3) is 0 Å². The average molecular weight is 384 g/mol. The second kappa shape index (κ2) is 8.24. The monoisotopic (exact) mass is 383 g/mol. The topological polar surface area (TPSA) is 21.3 Å². The number of nitrogens with one attached hydrogen (secondary N) is 1. The Morgan fingerprint density at radius 3 is 2.52 bits per heavy atom. The van der Waals surface area contributed by atoms with Crippen molar-refractivity contribution in [3.05, 3.63) is 65.2 Å². The molecular formula is C24H30ClNO. The third-order valence-corrected chi connectivity index (χ3v) is 6.75. The smallest absolute Gasteiger partial charge is 0.0893 e. The summed E-state index contributed by atoms with van der Waals surface area (Å²) in [4.78, 5) is 0. The van der Waals surface area contributed by atoms with Crippen LogP contribution in [0.3, 0.4) is 0 Å². The summed E-state index contributed by atoms with van der Waals surface area (Å²) in [6.45, 7) is 0.919. The van der Waals surface area contributed by atoms with E-state index in [2.05, 4.69) is 53.8 Å². The highest BCUT2D eigenvalue weighted by molar-refractivity contribution is 5.85. The van der Waals surface area contributed by atoms with Gasteiger partial charge in [-0.3, -0.25) is 0 Å². The van der Waals surface area contributed by atoms with E-state index in [4.69, 9.17) is 4.74 Å². The lowest BCUT2D eigenvalue weighted by molar-refractivity contribution is 0.0731. The minimum Gasteiger partial charge on any atom is -0.381 e. The summed E-state index contributed by atoms with van der Waals surface area (Å²) in [5, 5.41) is 3.95. The molecule has 1 saturated carbocycles. The molecule has 0 amide bonds. The van der Waals surface area contributed by atoms with Gasteiger partial charge in [0, 0.05) is 29.8 Å². The molecule has 0 radical (unpaired) electrons. The van der Waals surface area contributed by atoms with Crippen molar-refractivity contribution in [2.24, 2.45) is 11.8 Å². The molecule has 1 aliphatic carbocycles. The molecule has 0 bridgehead atoms. The van der Waals surface area contributed by atoms with E-state index in [1.807, 2.05) is 0 Å². The van der Waals surface area contributed by atoms with Crippen LogP contribution in [0.4, 0.5) is 5.69 Å². The van der Waals surface area contributed by atoms with Crippen LogP contribution in [0.15, 0.2) is 48.5 Å². The van der Waals surface area contributed by atoms with Crippen molar-refractivity contribution in [3.63, 3.8) is 0 Å². The third kappa shape index (κ3) is 3.75. The molecule has 3 atom stereocenters. The molecule has 3 heteroatoms. The minimum absolute atomic E-state index is 0. The van der Waals surface area contributed by atoms with E-state index in [0.29, 0.717) is 18.1 Å². The van der Waals surface area contributed by atoms with E-state index >= 15 is 0 Å². The van der Waals surface area contributed by atoms with Crippen molar-refractivity contribution in [2.75, 3.05) is 11.9 Å². The number of hydrogen-bond donors (Lipinski definition) is 1. The largest absolute Gasteiger partial charge is 0.381 e. The molecule has 2 aromatic carbocycles. The molecule has 2 heterocycles. The summed E-state index contributed by atoms with van der Waals surface area (Å²) in [5.41, 5.74) is 5.48. The Morgan fingerprint density at radius 1 is 0.889 bits per heavy atom. The van der Waals surface area contributed by atoms with Gasteiger partial charge in [-0.05, 0) is 48.8 Å². The first-order valence-corrected chi connectivity index (χ1v) is 10.4. The SMILES string of the molecule is Cl.c1ccc(Cc2ccc3c(c2)[C@H]2OCC[C@H]2[C@@H](C2CCCCC2)N3)cc1. The van der Waals surface area contributed by atoms with Gasteiger partial charge in [-0.1, -0.05) is 61.7 Å². The fourth-order valence-corrected chi connectivity index (χ4v) is 5.46. The van der Waals surface area contributed by atoms with Crippen molar-refractivity contribution in [2.45, 2.75) is 57.1 Å². The third-order valence-electron chi connectivity index (χ3n) is 6.75. The first-order valence-electron chi connectivity index (χ1n) is 10.4. The zero-order chi connectivity index (χ0) is 17.3. The Kier molecular flexibility index (Phi) is 5.75. The molecule has 3 aliphatic rings. The quantitative estimate of drug-likeness (QED) is 0.686. The van der Waals surface area contributed by atoms with E-state index in [-0.39, 0.29) is 12.4 Å². The maximum Gasteiger partial charge on any atom is 0.0893 e. The number of ether oxygens (including phenoxy) is 1. The highest BCUT2D eigenvalue weighted by atomic mass is 35.5. The van der Waals surface area contributed by atoms with Gasteiger partial charge in [0.25, 0.3) is 0 Å². The van der Waals surface area contributed by atoms with Gasteiger partial charge in [-0.25, -0.2) is 0 Å². The first kappa shape index (κ1) is 18.8. The van der Waals surface area contributed by atoms with Crippen LogP contribution < -0.4 is 5.32 Å². The maximum absolute atomic E-state index is 6.27. The van der Waals surface area contributed by atoms with Crippen LogP contribution in [0.2, 0.25) is 0 Å². The Labute approximate surface area is 169 Å². The molecular weight excluding hydrogens is 354 g/mol. The molecule has 1 saturated heterocycles. The van der Waals surface area contributed by atoms with Gasteiger partial charge in [0.2, 0.25) is 0 Å². The van der Waals surface area contributed by atoms with Gasteiger partial charge >= 0.3 is 0 Å². The van der Waals surface area contributed by atoms with Gasteiger partial charge in [-0.15, -0.1) is 12.4 Å². The number of hydrogen-bond acceptors (Lipinski definition) is 2. The molecule has 2 aliphatic heterocycles. The summed E-state index contributed by atoms with van der Waals surface area (Å²) < 4.78 is 6.27. The van der Waals surface area contributed by atoms with Gasteiger partial charge in [-0.2, -0.15) is 0 Å². The van der Waals surface area contributed by atoms with E-state index in [1.165, 1.54) is 60.9 Å². The fourth-order valence-electron chi connectivity index (χ4n) is 5.46.